The quantitative estimate of drug-likeness (QED) is 0.753. The second kappa shape index (κ2) is 3.79. The van der Waals surface area contributed by atoms with Crippen molar-refractivity contribution in [3.8, 4) is 0 Å². The van der Waals surface area contributed by atoms with Crippen molar-refractivity contribution in [3.63, 3.8) is 0 Å². The van der Waals surface area contributed by atoms with Crippen LogP contribution in [0.1, 0.15) is 5.56 Å². The van der Waals surface area contributed by atoms with Gasteiger partial charge >= 0.3 is 0 Å². The molecule has 1 nitrogen and oxygen atoms in total. The summed E-state index contributed by atoms with van der Waals surface area (Å²) in [6, 6.07) is 12.5. The molecule has 0 atom stereocenters. The predicted octanol–water partition coefficient (Wildman–Crippen LogP) is 3.30. The standard InChI is InChI=1S/C11H10BrN/c12-11-5-3-10(4-6-11)9-13-7-1-2-8-13/h1-8H,9H2. The van der Waals surface area contributed by atoms with E-state index >= 15 is 0 Å². The topological polar surface area (TPSA) is 4.93 Å². The molecule has 0 aliphatic rings. The van der Waals surface area contributed by atoms with Gasteiger partial charge in [0.15, 0.2) is 0 Å². The van der Waals surface area contributed by atoms with Crippen LogP contribution in [0.25, 0.3) is 0 Å². The fraction of sp³-hybridized carbons (Fsp3) is 0.0909. The van der Waals surface area contributed by atoms with Gasteiger partial charge in [-0.3, -0.25) is 0 Å². The molecular weight excluding hydrogens is 226 g/mol. The van der Waals surface area contributed by atoms with Crippen LogP contribution >= 0.6 is 15.9 Å². The summed E-state index contributed by atoms with van der Waals surface area (Å²) in [4.78, 5) is 0. The van der Waals surface area contributed by atoms with Crippen LogP contribution in [0.15, 0.2) is 53.3 Å². The zero-order valence-electron chi connectivity index (χ0n) is 7.15. The van der Waals surface area contributed by atoms with Gasteiger partial charge in [0.2, 0.25) is 0 Å². The van der Waals surface area contributed by atoms with Crippen molar-refractivity contribution in [2.45, 2.75) is 6.54 Å². The first kappa shape index (κ1) is 8.57. The summed E-state index contributed by atoms with van der Waals surface area (Å²) >= 11 is 3.42. The highest BCUT2D eigenvalue weighted by Crippen LogP contribution is 2.11. The molecule has 66 valence electrons. The maximum atomic E-state index is 3.42. The smallest absolute Gasteiger partial charge is 0.0470 e. The second-order valence-electron chi connectivity index (χ2n) is 2.98. The molecule has 2 heteroatoms. The van der Waals surface area contributed by atoms with Gasteiger partial charge in [-0.1, -0.05) is 28.1 Å². The summed E-state index contributed by atoms with van der Waals surface area (Å²) in [6.07, 6.45) is 4.14. The molecule has 2 rings (SSSR count). The van der Waals surface area contributed by atoms with Crippen LogP contribution in [-0.4, -0.2) is 4.57 Å². The molecule has 2 aromatic rings. The Morgan fingerprint density at radius 3 is 2.23 bits per heavy atom. The first-order valence-electron chi connectivity index (χ1n) is 4.20. The Kier molecular flexibility index (Phi) is 2.50. The summed E-state index contributed by atoms with van der Waals surface area (Å²) in [5, 5.41) is 0. The minimum atomic E-state index is 0.945. The number of rotatable bonds is 2. The number of hydrogen-bond donors (Lipinski definition) is 0. The molecular formula is C11H10BrN. The molecule has 0 fully saturated rings. The van der Waals surface area contributed by atoms with Gasteiger partial charge in [0.1, 0.15) is 0 Å². The largest absolute Gasteiger partial charge is 0.350 e. The van der Waals surface area contributed by atoms with Crippen LogP contribution in [0.2, 0.25) is 0 Å². The van der Waals surface area contributed by atoms with E-state index in [9.17, 15) is 0 Å². The van der Waals surface area contributed by atoms with E-state index in [-0.39, 0.29) is 0 Å². The summed E-state index contributed by atoms with van der Waals surface area (Å²) < 4.78 is 3.28. The average Bonchev–Trinajstić information content (AvgIpc) is 2.62. The third-order valence-electron chi connectivity index (χ3n) is 1.94. The van der Waals surface area contributed by atoms with Crippen LogP contribution < -0.4 is 0 Å². The third-order valence-corrected chi connectivity index (χ3v) is 2.47. The molecule has 0 bridgehead atoms. The van der Waals surface area contributed by atoms with Crippen molar-refractivity contribution in [2.24, 2.45) is 0 Å². The van der Waals surface area contributed by atoms with E-state index in [0.29, 0.717) is 0 Å². The molecule has 1 aromatic heterocycles. The summed E-state index contributed by atoms with van der Waals surface area (Å²) in [5.41, 5.74) is 1.32. The van der Waals surface area contributed by atoms with Gasteiger partial charge in [0, 0.05) is 23.4 Å². The second-order valence-corrected chi connectivity index (χ2v) is 3.90. The van der Waals surface area contributed by atoms with Crippen molar-refractivity contribution in [1.29, 1.82) is 0 Å². The molecule has 1 heterocycles. The average molecular weight is 236 g/mol. The highest BCUT2D eigenvalue weighted by Gasteiger charge is 1.92. The summed E-state index contributed by atoms with van der Waals surface area (Å²) in [7, 11) is 0. The van der Waals surface area contributed by atoms with E-state index in [2.05, 4.69) is 57.2 Å². The number of hydrogen-bond acceptors (Lipinski definition) is 0. The van der Waals surface area contributed by atoms with Crippen molar-refractivity contribution in [2.75, 3.05) is 0 Å². The Morgan fingerprint density at radius 2 is 1.62 bits per heavy atom. The Bertz CT molecular complexity index is 361. The van der Waals surface area contributed by atoms with E-state index in [1.165, 1.54) is 5.56 Å². The van der Waals surface area contributed by atoms with Gasteiger partial charge in [-0.05, 0) is 29.8 Å². The van der Waals surface area contributed by atoms with E-state index in [0.717, 1.165) is 11.0 Å². The lowest BCUT2D eigenvalue weighted by Crippen LogP contribution is -1.94. The molecule has 13 heavy (non-hydrogen) atoms. The van der Waals surface area contributed by atoms with Gasteiger partial charge in [-0.25, -0.2) is 0 Å². The molecule has 0 spiro atoms. The molecule has 0 aliphatic carbocycles. The van der Waals surface area contributed by atoms with E-state index < -0.39 is 0 Å². The fourth-order valence-corrected chi connectivity index (χ4v) is 1.54. The molecule has 0 N–H and O–H groups in total. The van der Waals surface area contributed by atoms with Crippen molar-refractivity contribution < 1.29 is 0 Å². The van der Waals surface area contributed by atoms with Crippen LogP contribution in [0.5, 0.6) is 0 Å². The SMILES string of the molecule is Brc1ccc(Cn2cccc2)cc1. The van der Waals surface area contributed by atoms with Gasteiger partial charge in [-0.2, -0.15) is 0 Å². The maximum Gasteiger partial charge on any atom is 0.0470 e. The highest BCUT2D eigenvalue weighted by atomic mass is 79.9. The maximum absolute atomic E-state index is 3.42. The summed E-state index contributed by atoms with van der Waals surface area (Å²) in [6.45, 7) is 0.945. The predicted molar refractivity (Wildman–Crippen MR) is 57.7 cm³/mol. The van der Waals surface area contributed by atoms with Crippen molar-refractivity contribution in [1.82, 2.24) is 4.57 Å². The Hall–Kier alpha value is -1.02. The van der Waals surface area contributed by atoms with E-state index in [1.807, 2.05) is 12.1 Å². The first-order chi connectivity index (χ1) is 6.34. The van der Waals surface area contributed by atoms with Crippen LogP contribution in [0, 0.1) is 0 Å². The molecule has 0 aliphatic heterocycles. The molecule has 0 radical (unpaired) electrons. The van der Waals surface area contributed by atoms with Gasteiger partial charge in [0.05, 0.1) is 0 Å². The molecule has 0 amide bonds. The molecule has 0 unspecified atom stereocenters. The lowest BCUT2D eigenvalue weighted by atomic mass is 10.2. The zero-order valence-corrected chi connectivity index (χ0v) is 8.74. The highest BCUT2D eigenvalue weighted by molar-refractivity contribution is 9.10. The first-order valence-corrected chi connectivity index (χ1v) is 4.99. The van der Waals surface area contributed by atoms with E-state index in [1.54, 1.807) is 0 Å². The lowest BCUT2D eigenvalue weighted by Gasteiger charge is -2.02. The molecule has 0 saturated heterocycles. The van der Waals surface area contributed by atoms with Crippen molar-refractivity contribution >= 4 is 15.9 Å². The fourth-order valence-electron chi connectivity index (χ4n) is 1.28. The number of nitrogens with zero attached hydrogens (tertiary/aromatic N) is 1. The Morgan fingerprint density at radius 1 is 1.00 bits per heavy atom. The molecule has 0 saturated carbocycles. The van der Waals surface area contributed by atoms with Crippen LogP contribution in [0.4, 0.5) is 0 Å². The Labute approximate surface area is 86.1 Å². The molecule has 1 aromatic carbocycles. The number of halogens is 1. The van der Waals surface area contributed by atoms with Gasteiger partial charge in [0.25, 0.3) is 0 Å². The zero-order chi connectivity index (χ0) is 9.10. The third kappa shape index (κ3) is 2.22. The van der Waals surface area contributed by atoms with E-state index in [4.69, 9.17) is 0 Å². The Balaban J connectivity index is 2.15. The number of aromatic nitrogens is 1. The lowest BCUT2D eigenvalue weighted by molar-refractivity contribution is 0.806. The normalized spacial score (nSPS) is 10.2. The minimum absolute atomic E-state index is 0.945. The van der Waals surface area contributed by atoms with Gasteiger partial charge < -0.3 is 4.57 Å². The monoisotopic (exact) mass is 235 g/mol. The summed E-state index contributed by atoms with van der Waals surface area (Å²) in [5.74, 6) is 0. The number of benzene rings is 1. The van der Waals surface area contributed by atoms with Crippen LogP contribution in [0.3, 0.4) is 0 Å². The van der Waals surface area contributed by atoms with Crippen molar-refractivity contribution in [3.05, 3.63) is 58.8 Å². The van der Waals surface area contributed by atoms with Gasteiger partial charge in [-0.15, -0.1) is 0 Å². The minimum Gasteiger partial charge on any atom is -0.350 e. The van der Waals surface area contributed by atoms with Crippen LogP contribution in [-0.2, 0) is 6.54 Å².